The zero-order chi connectivity index (χ0) is 23.9. The van der Waals surface area contributed by atoms with Gasteiger partial charge in [0.25, 0.3) is 5.56 Å². The van der Waals surface area contributed by atoms with Gasteiger partial charge in [0.2, 0.25) is 0 Å². The number of hydrogen-bond acceptors (Lipinski definition) is 7. The summed E-state index contributed by atoms with van der Waals surface area (Å²) in [5, 5.41) is 4.46. The minimum Gasteiger partial charge on any atom is -0.466 e. The van der Waals surface area contributed by atoms with Crippen molar-refractivity contribution in [3.05, 3.63) is 78.2 Å². The van der Waals surface area contributed by atoms with Gasteiger partial charge in [-0.1, -0.05) is 23.5 Å². The van der Waals surface area contributed by atoms with Gasteiger partial charge < -0.3 is 9.64 Å². The third kappa shape index (κ3) is 4.04. The van der Waals surface area contributed by atoms with E-state index in [9.17, 15) is 9.59 Å². The molecule has 4 rings (SSSR count). The van der Waals surface area contributed by atoms with Crippen LogP contribution in [0.15, 0.2) is 51.5 Å². The Morgan fingerprint density at radius 1 is 1.24 bits per heavy atom. The van der Waals surface area contributed by atoms with Crippen LogP contribution < -0.4 is 19.8 Å². The number of carbonyl (C=O) groups is 1. The number of ether oxygens (including phenoxy) is 1. The highest BCUT2D eigenvalue weighted by Crippen LogP contribution is 2.31. The van der Waals surface area contributed by atoms with Gasteiger partial charge in [0.1, 0.15) is 0 Å². The van der Waals surface area contributed by atoms with E-state index in [4.69, 9.17) is 4.74 Å². The van der Waals surface area contributed by atoms with Crippen LogP contribution in [0.5, 0.6) is 0 Å². The zero-order valence-corrected chi connectivity index (χ0v) is 20.4. The first kappa shape index (κ1) is 22.7. The van der Waals surface area contributed by atoms with Crippen molar-refractivity contribution in [3.8, 4) is 0 Å². The van der Waals surface area contributed by atoms with E-state index in [0.29, 0.717) is 20.6 Å². The smallest absolute Gasteiger partial charge is 0.338 e. The molecular formula is C24H27N5O3S. The van der Waals surface area contributed by atoms with E-state index in [-0.39, 0.29) is 5.56 Å². The zero-order valence-electron chi connectivity index (χ0n) is 19.6. The SMILES string of the molecule is CCn1cc(/C=c2\sc3n(c2=O)[C@H](c2ccc(N(C)C)cc2)C(C(=O)OC)=C(C)N=3)c(C)n1. The molecule has 0 saturated heterocycles. The molecule has 0 spiro atoms. The van der Waals surface area contributed by atoms with Gasteiger partial charge in [-0.2, -0.15) is 5.10 Å². The lowest BCUT2D eigenvalue weighted by atomic mass is 9.95. The maximum atomic E-state index is 13.6. The van der Waals surface area contributed by atoms with Crippen LogP contribution in [0.3, 0.4) is 0 Å². The first-order valence-corrected chi connectivity index (χ1v) is 11.5. The maximum Gasteiger partial charge on any atom is 0.338 e. The summed E-state index contributed by atoms with van der Waals surface area (Å²) in [7, 11) is 5.27. The van der Waals surface area contributed by atoms with E-state index in [1.54, 1.807) is 11.5 Å². The number of aromatic nitrogens is 3. The highest BCUT2D eigenvalue weighted by atomic mass is 32.1. The van der Waals surface area contributed by atoms with Crippen molar-refractivity contribution in [2.75, 3.05) is 26.1 Å². The number of aryl methyl sites for hydroxylation is 2. The molecule has 0 aliphatic carbocycles. The lowest BCUT2D eigenvalue weighted by Gasteiger charge is -2.25. The summed E-state index contributed by atoms with van der Waals surface area (Å²) in [4.78, 5) is 33.5. The van der Waals surface area contributed by atoms with Gasteiger partial charge >= 0.3 is 5.97 Å². The average molecular weight is 466 g/mol. The number of hydrogen-bond donors (Lipinski definition) is 0. The van der Waals surface area contributed by atoms with Crippen molar-refractivity contribution in [2.24, 2.45) is 4.99 Å². The highest BCUT2D eigenvalue weighted by molar-refractivity contribution is 7.07. The Morgan fingerprint density at radius 2 is 1.94 bits per heavy atom. The van der Waals surface area contributed by atoms with E-state index in [2.05, 4.69) is 10.1 Å². The number of nitrogens with zero attached hydrogens (tertiary/aromatic N) is 5. The number of allylic oxidation sites excluding steroid dienone is 1. The van der Waals surface area contributed by atoms with Crippen LogP contribution in [-0.2, 0) is 16.1 Å². The molecule has 0 unspecified atom stereocenters. The van der Waals surface area contributed by atoms with Gasteiger partial charge in [-0.15, -0.1) is 0 Å². The van der Waals surface area contributed by atoms with Gasteiger partial charge in [0, 0.05) is 38.1 Å². The molecule has 9 heteroatoms. The standard InChI is InChI=1S/C24H27N5O3S/c1-7-28-13-17(14(2)26-28)12-19-22(30)29-21(16-8-10-18(11-9-16)27(4)5)20(23(31)32-6)15(3)25-24(29)33-19/h8-13,21H,7H2,1-6H3/b19-12-/t21-/m1/s1. The number of esters is 1. The van der Waals surface area contributed by atoms with E-state index in [1.165, 1.54) is 18.4 Å². The first-order valence-electron chi connectivity index (χ1n) is 10.7. The molecular weight excluding hydrogens is 438 g/mol. The monoisotopic (exact) mass is 465 g/mol. The van der Waals surface area contributed by atoms with Crippen LogP contribution in [-0.4, -0.2) is 41.5 Å². The molecule has 3 heterocycles. The summed E-state index contributed by atoms with van der Waals surface area (Å²) in [6, 6.07) is 7.20. The number of anilines is 1. The molecule has 0 fully saturated rings. The van der Waals surface area contributed by atoms with Crippen LogP contribution >= 0.6 is 11.3 Å². The van der Waals surface area contributed by atoms with Crippen LogP contribution in [0.1, 0.15) is 36.7 Å². The number of thiazole rings is 1. The fourth-order valence-electron chi connectivity index (χ4n) is 3.94. The van der Waals surface area contributed by atoms with Crippen molar-refractivity contribution in [3.63, 3.8) is 0 Å². The molecule has 1 aliphatic rings. The largest absolute Gasteiger partial charge is 0.466 e. The summed E-state index contributed by atoms with van der Waals surface area (Å²) >= 11 is 1.31. The van der Waals surface area contributed by atoms with E-state index in [0.717, 1.165) is 29.1 Å². The van der Waals surface area contributed by atoms with Crippen molar-refractivity contribution >= 4 is 29.1 Å². The fourth-order valence-corrected chi connectivity index (χ4v) is 4.98. The van der Waals surface area contributed by atoms with Crippen LogP contribution in [0.4, 0.5) is 5.69 Å². The summed E-state index contributed by atoms with van der Waals surface area (Å²) in [6.45, 7) is 6.47. The summed E-state index contributed by atoms with van der Waals surface area (Å²) in [6.07, 6.45) is 3.78. The number of fused-ring (bicyclic) bond motifs is 1. The highest BCUT2D eigenvalue weighted by Gasteiger charge is 2.33. The molecule has 2 aromatic heterocycles. The second-order valence-electron chi connectivity index (χ2n) is 8.08. The summed E-state index contributed by atoms with van der Waals surface area (Å²) in [5.74, 6) is -0.493. The molecule has 1 atom stereocenters. The summed E-state index contributed by atoms with van der Waals surface area (Å²) < 4.78 is 9.05. The molecule has 0 radical (unpaired) electrons. The van der Waals surface area contributed by atoms with Gasteiger partial charge in [-0.25, -0.2) is 9.79 Å². The van der Waals surface area contributed by atoms with Gasteiger partial charge in [-0.05, 0) is 44.5 Å². The van der Waals surface area contributed by atoms with Gasteiger partial charge in [-0.3, -0.25) is 14.0 Å². The third-order valence-electron chi connectivity index (χ3n) is 5.75. The van der Waals surface area contributed by atoms with Crippen molar-refractivity contribution < 1.29 is 9.53 Å². The van der Waals surface area contributed by atoms with Crippen LogP contribution in [0, 0.1) is 6.92 Å². The fraction of sp³-hybridized carbons (Fsp3) is 0.333. The van der Waals surface area contributed by atoms with E-state index >= 15 is 0 Å². The van der Waals surface area contributed by atoms with E-state index in [1.807, 2.05) is 74.1 Å². The Balaban J connectivity index is 1.94. The summed E-state index contributed by atoms with van der Waals surface area (Å²) in [5.41, 5.74) is 4.30. The van der Waals surface area contributed by atoms with Crippen molar-refractivity contribution in [1.29, 1.82) is 0 Å². The lowest BCUT2D eigenvalue weighted by molar-refractivity contribution is -0.136. The van der Waals surface area contributed by atoms with Gasteiger partial charge in [0.15, 0.2) is 4.80 Å². The average Bonchev–Trinajstić information content (AvgIpc) is 3.31. The number of carbonyl (C=O) groups excluding carboxylic acids is 1. The molecule has 3 aromatic rings. The Bertz CT molecular complexity index is 1420. The Labute approximate surface area is 195 Å². The quantitative estimate of drug-likeness (QED) is 0.539. The molecule has 0 amide bonds. The van der Waals surface area contributed by atoms with Crippen LogP contribution in [0.25, 0.3) is 6.08 Å². The first-order chi connectivity index (χ1) is 15.7. The minimum absolute atomic E-state index is 0.196. The minimum atomic E-state index is -0.619. The molecule has 0 bridgehead atoms. The van der Waals surface area contributed by atoms with Gasteiger partial charge in [0.05, 0.1) is 34.6 Å². The molecule has 0 N–H and O–H groups in total. The second kappa shape index (κ2) is 8.82. The van der Waals surface area contributed by atoms with Crippen molar-refractivity contribution in [2.45, 2.75) is 33.4 Å². The molecule has 1 aliphatic heterocycles. The number of methoxy groups -OCH3 is 1. The third-order valence-corrected chi connectivity index (χ3v) is 6.73. The predicted molar refractivity (Wildman–Crippen MR) is 129 cm³/mol. The predicted octanol–water partition coefficient (Wildman–Crippen LogP) is 2.00. The normalized spacial score (nSPS) is 15.9. The Kier molecular flexibility index (Phi) is 6.07. The van der Waals surface area contributed by atoms with Crippen LogP contribution in [0.2, 0.25) is 0 Å². The Morgan fingerprint density at radius 3 is 2.52 bits per heavy atom. The molecule has 8 nitrogen and oxygen atoms in total. The molecule has 33 heavy (non-hydrogen) atoms. The second-order valence-corrected chi connectivity index (χ2v) is 9.09. The molecule has 172 valence electrons. The van der Waals surface area contributed by atoms with Crippen molar-refractivity contribution in [1.82, 2.24) is 14.3 Å². The Hall–Kier alpha value is -3.46. The molecule has 0 saturated carbocycles. The molecule has 1 aromatic carbocycles. The topological polar surface area (TPSA) is 81.7 Å². The maximum absolute atomic E-state index is 13.6. The number of rotatable bonds is 5. The van der Waals surface area contributed by atoms with E-state index < -0.39 is 12.0 Å². The number of benzene rings is 1. The lowest BCUT2D eigenvalue weighted by Crippen LogP contribution is -2.39.